The highest BCUT2D eigenvalue weighted by atomic mass is 14.3. The molecule has 5 rings (SSSR count). The minimum absolute atomic E-state index is 1.03. The molecule has 1 aliphatic rings. The maximum Gasteiger partial charge on any atom is -0.00267 e. The molecule has 4 aromatic carbocycles. The monoisotopic (exact) mass is 382 g/mol. The Morgan fingerprint density at radius 1 is 0.300 bits per heavy atom. The van der Waals surface area contributed by atoms with Crippen molar-refractivity contribution in [2.75, 3.05) is 0 Å². The van der Waals surface area contributed by atoms with E-state index in [0.717, 1.165) is 11.1 Å². The van der Waals surface area contributed by atoms with Gasteiger partial charge in [0.1, 0.15) is 0 Å². The van der Waals surface area contributed by atoms with Gasteiger partial charge in [-0.05, 0) is 55.7 Å². The van der Waals surface area contributed by atoms with Crippen LogP contribution in [0.2, 0.25) is 0 Å². The van der Waals surface area contributed by atoms with Crippen LogP contribution >= 0.6 is 0 Å². The normalized spacial score (nSPS) is 13.3. The topological polar surface area (TPSA) is 0 Å². The Morgan fingerprint density at radius 2 is 0.567 bits per heavy atom. The van der Waals surface area contributed by atoms with Gasteiger partial charge in [0.25, 0.3) is 0 Å². The summed E-state index contributed by atoms with van der Waals surface area (Å²) >= 11 is 0. The fourth-order valence-corrected chi connectivity index (χ4v) is 4.10. The predicted octanol–water partition coefficient (Wildman–Crippen LogP) is 8.06. The Labute approximate surface area is 178 Å². The standard InChI is InChI=1S/C30H22/c1-21-22(2)30(28-19-15-26(16-20-28)24-11-7-4-8-12-24)29(21)27-17-13-25(14-18-27)23-9-5-3-6-10-23/h3-20H,1-2H2. The SMILES string of the molecule is C=C1C(=C)C(c2ccc(-c3ccccc3)cc2)=C1c1ccc(-c2ccccc2)cc1. The fourth-order valence-electron chi connectivity index (χ4n) is 4.10. The van der Waals surface area contributed by atoms with Crippen molar-refractivity contribution in [2.24, 2.45) is 0 Å². The molecule has 142 valence electrons. The van der Waals surface area contributed by atoms with Crippen molar-refractivity contribution >= 4 is 11.1 Å². The lowest BCUT2D eigenvalue weighted by Crippen LogP contribution is -2.09. The molecule has 0 unspecified atom stereocenters. The highest BCUT2D eigenvalue weighted by Gasteiger charge is 2.28. The molecule has 0 radical (unpaired) electrons. The number of benzene rings is 4. The molecule has 0 saturated carbocycles. The van der Waals surface area contributed by atoms with E-state index in [9.17, 15) is 0 Å². The van der Waals surface area contributed by atoms with Gasteiger partial charge in [0.2, 0.25) is 0 Å². The maximum absolute atomic E-state index is 4.26. The Kier molecular flexibility index (Phi) is 4.53. The van der Waals surface area contributed by atoms with Gasteiger partial charge in [-0.25, -0.2) is 0 Å². The molecular formula is C30H22. The van der Waals surface area contributed by atoms with Gasteiger partial charge in [-0.3, -0.25) is 0 Å². The quantitative estimate of drug-likeness (QED) is 0.335. The maximum atomic E-state index is 4.26. The van der Waals surface area contributed by atoms with Crippen molar-refractivity contribution in [1.29, 1.82) is 0 Å². The molecule has 0 aromatic heterocycles. The third-order valence-corrected chi connectivity index (χ3v) is 5.78. The van der Waals surface area contributed by atoms with Crippen LogP contribution in [0.4, 0.5) is 0 Å². The number of hydrogen-bond acceptors (Lipinski definition) is 0. The number of allylic oxidation sites excluding steroid dienone is 4. The van der Waals surface area contributed by atoms with Crippen molar-refractivity contribution in [2.45, 2.75) is 0 Å². The summed E-state index contributed by atoms with van der Waals surface area (Å²) in [6.45, 7) is 8.53. The molecule has 0 spiro atoms. The van der Waals surface area contributed by atoms with E-state index < -0.39 is 0 Å². The van der Waals surface area contributed by atoms with Gasteiger partial charge in [-0.1, -0.05) is 122 Å². The first-order valence-corrected chi connectivity index (χ1v) is 10.2. The number of rotatable bonds is 4. The first-order valence-electron chi connectivity index (χ1n) is 10.2. The van der Waals surface area contributed by atoms with Crippen LogP contribution in [0.15, 0.2) is 133 Å². The molecule has 0 bridgehead atoms. The molecule has 0 heterocycles. The van der Waals surface area contributed by atoms with Crippen molar-refractivity contribution in [3.8, 4) is 22.3 Å². The van der Waals surface area contributed by atoms with Crippen molar-refractivity contribution < 1.29 is 0 Å². The minimum Gasteiger partial charge on any atom is -0.0905 e. The Balaban J connectivity index is 1.50. The third kappa shape index (κ3) is 3.13. The third-order valence-electron chi connectivity index (χ3n) is 5.78. The molecule has 0 nitrogen and oxygen atoms in total. The van der Waals surface area contributed by atoms with Crippen LogP contribution in [0.5, 0.6) is 0 Å². The molecule has 0 aliphatic heterocycles. The zero-order valence-corrected chi connectivity index (χ0v) is 16.8. The van der Waals surface area contributed by atoms with E-state index in [0.29, 0.717) is 0 Å². The molecule has 30 heavy (non-hydrogen) atoms. The average Bonchev–Trinajstić information content (AvgIpc) is 2.83. The summed E-state index contributed by atoms with van der Waals surface area (Å²) in [4.78, 5) is 0. The Bertz CT molecular complexity index is 1150. The summed E-state index contributed by atoms with van der Waals surface area (Å²) in [5, 5.41) is 0. The molecule has 0 amide bonds. The van der Waals surface area contributed by atoms with Gasteiger partial charge in [-0.2, -0.15) is 0 Å². The second kappa shape index (κ2) is 7.50. The lowest BCUT2D eigenvalue weighted by Gasteiger charge is -2.30. The van der Waals surface area contributed by atoms with E-state index in [1.165, 1.54) is 44.5 Å². The molecule has 1 aliphatic carbocycles. The van der Waals surface area contributed by atoms with Gasteiger partial charge in [0, 0.05) is 0 Å². The predicted molar refractivity (Wildman–Crippen MR) is 129 cm³/mol. The van der Waals surface area contributed by atoms with Gasteiger partial charge < -0.3 is 0 Å². The highest BCUT2D eigenvalue weighted by Crippen LogP contribution is 2.49. The zero-order chi connectivity index (χ0) is 20.5. The average molecular weight is 383 g/mol. The first kappa shape index (κ1) is 18.1. The molecule has 4 aromatic rings. The van der Waals surface area contributed by atoms with Crippen molar-refractivity contribution in [1.82, 2.24) is 0 Å². The molecule has 0 N–H and O–H groups in total. The van der Waals surface area contributed by atoms with Crippen LogP contribution in [0.3, 0.4) is 0 Å². The highest BCUT2D eigenvalue weighted by molar-refractivity contribution is 6.17. The van der Waals surface area contributed by atoms with Gasteiger partial charge >= 0.3 is 0 Å². The molecule has 0 atom stereocenters. The largest absolute Gasteiger partial charge is 0.0905 e. The summed E-state index contributed by atoms with van der Waals surface area (Å²) < 4.78 is 0. The smallest absolute Gasteiger partial charge is 0.00267 e. The lowest BCUT2D eigenvalue weighted by atomic mass is 9.73. The molecule has 0 saturated heterocycles. The lowest BCUT2D eigenvalue weighted by molar-refractivity contribution is 1.45. The van der Waals surface area contributed by atoms with Crippen LogP contribution in [-0.4, -0.2) is 0 Å². The number of hydrogen-bond donors (Lipinski definition) is 0. The van der Waals surface area contributed by atoms with Crippen molar-refractivity contribution in [3.05, 3.63) is 145 Å². The van der Waals surface area contributed by atoms with Gasteiger partial charge in [-0.15, -0.1) is 0 Å². The van der Waals surface area contributed by atoms with Crippen LogP contribution in [0.25, 0.3) is 33.4 Å². The van der Waals surface area contributed by atoms with E-state index in [-0.39, 0.29) is 0 Å². The summed E-state index contributed by atoms with van der Waals surface area (Å²) in [6, 6.07) is 38.4. The fraction of sp³-hybridized carbons (Fsp3) is 0. The first-order chi connectivity index (χ1) is 14.7. The van der Waals surface area contributed by atoms with E-state index in [1.807, 2.05) is 12.1 Å². The molecular weight excluding hydrogens is 360 g/mol. The summed E-state index contributed by atoms with van der Waals surface area (Å²) in [6.07, 6.45) is 0. The second-order valence-electron chi connectivity index (χ2n) is 7.59. The van der Waals surface area contributed by atoms with E-state index in [4.69, 9.17) is 0 Å². The van der Waals surface area contributed by atoms with E-state index >= 15 is 0 Å². The summed E-state index contributed by atoms with van der Waals surface area (Å²) in [5.41, 5.74) is 11.7. The minimum atomic E-state index is 1.03. The Morgan fingerprint density at radius 3 is 0.900 bits per heavy atom. The summed E-state index contributed by atoms with van der Waals surface area (Å²) in [7, 11) is 0. The van der Waals surface area contributed by atoms with Gasteiger partial charge in [0.05, 0.1) is 0 Å². The van der Waals surface area contributed by atoms with Crippen LogP contribution in [-0.2, 0) is 0 Å². The van der Waals surface area contributed by atoms with Gasteiger partial charge in [0.15, 0.2) is 0 Å². The van der Waals surface area contributed by atoms with Crippen molar-refractivity contribution in [3.63, 3.8) is 0 Å². The van der Waals surface area contributed by atoms with Crippen LogP contribution in [0, 0.1) is 0 Å². The zero-order valence-electron chi connectivity index (χ0n) is 16.8. The second-order valence-corrected chi connectivity index (χ2v) is 7.59. The Hall–Kier alpha value is -3.90. The molecule has 0 heteroatoms. The van der Waals surface area contributed by atoms with E-state index in [1.54, 1.807) is 0 Å². The molecule has 0 fully saturated rings. The summed E-state index contributed by atoms with van der Waals surface area (Å²) in [5.74, 6) is 0. The van der Waals surface area contributed by atoms with Crippen LogP contribution < -0.4 is 0 Å². The van der Waals surface area contributed by atoms with Crippen LogP contribution in [0.1, 0.15) is 11.1 Å². The van der Waals surface area contributed by atoms with E-state index in [2.05, 4.69) is 110 Å².